The molecule has 3 aromatic carbocycles. The summed E-state index contributed by atoms with van der Waals surface area (Å²) < 4.78 is 28.1. The third-order valence-corrected chi connectivity index (χ3v) is 5.60. The van der Waals surface area contributed by atoms with E-state index in [1.165, 1.54) is 18.2 Å². The predicted octanol–water partition coefficient (Wildman–Crippen LogP) is 4.83. The normalized spacial score (nSPS) is 11.1. The molecule has 132 valence electrons. The number of nitro groups is 1. The van der Waals surface area contributed by atoms with Crippen LogP contribution in [0.2, 0.25) is 0 Å². The molecule has 1 N–H and O–H groups in total. The van der Waals surface area contributed by atoms with Crippen molar-refractivity contribution < 1.29 is 13.3 Å². The van der Waals surface area contributed by atoms with Gasteiger partial charge in [-0.05, 0) is 48.0 Å². The second-order valence-corrected chi connectivity index (χ2v) is 8.01. The first-order valence-corrected chi connectivity index (χ1v) is 9.77. The van der Waals surface area contributed by atoms with Crippen LogP contribution in [0.25, 0.3) is 11.1 Å². The van der Waals surface area contributed by atoms with Crippen molar-refractivity contribution in [1.82, 2.24) is 0 Å². The predicted molar refractivity (Wildman–Crippen MR) is 103 cm³/mol. The van der Waals surface area contributed by atoms with Crippen molar-refractivity contribution in [3.8, 4) is 11.1 Å². The Balaban J connectivity index is 1.87. The van der Waals surface area contributed by atoms with Gasteiger partial charge in [0.25, 0.3) is 15.7 Å². The lowest BCUT2D eigenvalue weighted by Gasteiger charge is -2.09. The number of hydrogen-bond donors (Lipinski definition) is 1. The number of para-hydroxylation sites is 1. The molecule has 0 aliphatic heterocycles. The fraction of sp³-hybridized carbons (Fsp3) is 0. The smallest absolute Gasteiger partial charge is 0.277 e. The summed E-state index contributed by atoms with van der Waals surface area (Å²) in [4.78, 5) is 10.8. The molecule has 0 spiro atoms. The average Bonchev–Trinajstić information content (AvgIpc) is 2.62. The summed E-state index contributed by atoms with van der Waals surface area (Å²) in [6.45, 7) is 0. The Morgan fingerprint density at radius 3 is 2.12 bits per heavy atom. The zero-order chi connectivity index (χ0) is 18.7. The number of halogens is 1. The molecule has 0 heterocycles. The van der Waals surface area contributed by atoms with E-state index in [1.807, 2.05) is 0 Å². The van der Waals surface area contributed by atoms with Crippen LogP contribution in [0.4, 0.5) is 11.4 Å². The lowest BCUT2D eigenvalue weighted by molar-refractivity contribution is -0.384. The molecule has 0 saturated heterocycles. The van der Waals surface area contributed by atoms with Crippen molar-refractivity contribution in [2.75, 3.05) is 4.72 Å². The highest BCUT2D eigenvalue weighted by atomic mass is 79.9. The van der Waals surface area contributed by atoms with Crippen molar-refractivity contribution in [2.24, 2.45) is 0 Å². The minimum absolute atomic E-state index is 0.00399. The maximum Gasteiger partial charge on any atom is 0.277 e. The summed E-state index contributed by atoms with van der Waals surface area (Å²) in [5.74, 6) is 0. The van der Waals surface area contributed by atoms with Gasteiger partial charge in [0.15, 0.2) is 0 Å². The molecule has 0 radical (unpaired) electrons. The highest BCUT2D eigenvalue weighted by Crippen LogP contribution is 2.30. The van der Waals surface area contributed by atoms with Gasteiger partial charge in [-0.2, -0.15) is 0 Å². The highest BCUT2D eigenvalue weighted by molar-refractivity contribution is 9.10. The first-order chi connectivity index (χ1) is 12.4. The first-order valence-electron chi connectivity index (χ1n) is 7.49. The molecule has 0 unspecified atom stereocenters. The third kappa shape index (κ3) is 3.92. The molecule has 3 aromatic rings. The van der Waals surface area contributed by atoms with Gasteiger partial charge in [0.2, 0.25) is 0 Å². The molecule has 26 heavy (non-hydrogen) atoms. The Kier molecular flexibility index (Phi) is 5.06. The SMILES string of the molecule is O=[N+]([O-])c1ccccc1-c1ccc(NS(=O)(=O)c2ccc(Br)cc2)cc1. The molecule has 0 aromatic heterocycles. The largest absolute Gasteiger partial charge is 0.280 e. The Labute approximate surface area is 158 Å². The standard InChI is InChI=1S/C18H13BrN2O4S/c19-14-7-11-16(12-8-14)26(24,25)20-15-9-5-13(6-10-15)17-3-1-2-4-18(17)21(22)23/h1-12,20H. The van der Waals surface area contributed by atoms with Crippen LogP contribution in [0.3, 0.4) is 0 Å². The van der Waals surface area contributed by atoms with E-state index in [1.54, 1.807) is 54.6 Å². The van der Waals surface area contributed by atoms with E-state index in [4.69, 9.17) is 0 Å². The second kappa shape index (κ2) is 7.27. The quantitative estimate of drug-likeness (QED) is 0.461. The van der Waals surface area contributed by atoms with E-state index in [9.17, 15) is 18.5 Å². The molecule has 0 aliphatic rings. The summed E-state index contributed by atoms with van der Waals surface area (Å²) in [7, 11) is -3.71. The number of anilines is 1. The number of nitrogens with one attached hydrogen (secondary N) is 1. The lowest BCUT2D eigenvalue weighted by atomic mass is 10.0. The van der Waals surface area contributed by atoms with E-state index in [0.29, 0.717) is 16.8 Å². The fourth-order valence-electron chi connectivity index (χ4n) is 2.42. The van der Waals surface area contributed by atoms with E-state index >= 15 is 0 Å². The Hall–Kier alpha value is -2.71. The number of rotatable bonds is 5. The molecular weight excluding hydrogens is 420 g/mol. The van der Waals surface area contributed by atoms with Crippen LogP contribution >= 0.6 is 15.9 Å². The van der Waals surface area contributed by atoms with E-state index in [2.05, 4.69) is 20.7 Å². The minimum atomic E-state index is -3.71. The summed E-state index contributed by atoms with van der Waals surface area (Å²) in [5.41, 5.74) is 1.47. The Morgan fingerprint density at radius 1 is 0.885 bits per heavy atom. The van der Waals surface area contributed by atoms with Crippen molar-refractivity contribution in [3.05, 3.63) is 87.4 Å². The van der Waals surface area contributed by atoms with Crippen LogP contribution in [0, 0.1) is 10.1 Å². The van der Waals surface area contributed by atoms with Crippen LogP contribution < -0.4 is 4.72 Å². The van der Waals surface area contributed by atoms with Gasteiger partial charge in [0, 0.05) is 16.2 Å². The van der Waals surface area contributed by atoms with E-state index < -0.39 is 14.9 Å². The summed E-state index contributed by atoms with van der Waals surface area (Å²) in [6.07, 6.45) is 0. The number of nitrogens with zero attached hydrogens (tertiary/aromatic N) is 1. The van der Waals surface area contributed by atoms with Crippen LogP contribution in [-0.2, 0) is 10.0 Å². The number of benzene rings is 3. The van der Waals surface area contributed by atoms with Gasteiger partial charge in [-0.3, -0.25) is 14.8 Å². The molecule has 6 nitrogen and oxygen atoms in total. The number of nitro benzene ring substituents is 1. The average molecular weight is 433 g/mol. The molecule has 0 amide bonds. The number of hydrogen-bond acceptors (Lipinski definition) is 4. The van der Waals surface area contributed by atoms with Crippen LogP contribution in [-0.4, -0.2) is 13.3 Å². The van der Waals surface area contributed by atoms with Gasteiger partial charge in [0.1, 0.15) is 0 Å². The Bertz CT molecular complexity index is 1050. The first kappa shape index (κ1) is 18.1. The van der Waals surface area contributed by atoms with Crippen LogP contribution in [0.15, 0.2) is 82.2 Å². The van der Waals surface area contributed by atoms with Gasteiger partial charge in [-0.1, -0.05) is 40.2 Å². The monoisotopic (exact) mass is 432 g/mol. The molecule has 0 aliphatic carbocycles. The van der Waals surface area contributed by atoms with Gasteiger partial charge in [0.05, 0.1) is 15.4 Å². The molecule has 0 fully saturated rings. The van der Waals surface area contributed by atoms with Crippen molar-refractivity contribution in [2.45, 2.75) is 4.90 Å². The molecular formula is C18H13BrN2O4S. The highest BCUT2D eigenvalue weighted by Gasteiger charge is 2.16. The summed E-state index contributed by atoms with van der Waals surface area (Å²) in [5, 5.41) is 11.1. The fourth-order valence-corrected chi connectivity index (χ4v) is 3.75. The summed E-state index contributed by atoms with van der Waals surface area (Å²) in [6, 6.07) is 19.1. The van der Waals surface area contributed by atoms with Crippen LogP contribution in [0.1, 0.15) is 0 Å². The van der Waals surface area contributed by atoms with Gasteiger partial charge in [-0.15, -0.1) is 0 Å². The van der Waals surface area contributed by atoms with Gasteiger partial charge >= 0.3 is 0 Å². The maximum atomic E-state index is 12.4. The minimum Gasteiger partial charge on any atom is -0.280 e. The third-order valence-electron chi connectivity index (χ3n) is 3.67. The summed E-state index contributed by atoms with van der Waals surface area (Å²) >= 11 is 3.26. The zero-order valence-electron chi connectivity index (χ0n) is 13.3. The van der Waals surface area contributed by atoms with Crippen molar-refractivity contribution in [3.63, 3.8) is 0 Å². The molecule has 0 saturated carbocycles. The maximum absolute atomic E-state index is 12.4. The van der Waals surface area contributed by atoms with E-state index in [-0.39, 0.29) is 10.6 Å². The van der Waals surface area contributed by atoms with Crippen molar-refractivity contribution >= 4 is 37.3 Å². The zero-order valence-corrected chi connectivity index (χ0v) is 15.7. The van der Waals surface area contributed by atoms with Gasteiger partial charge in [-0.25, -0.2) is 8.42 Å². The van der Waals surface area contributed by atoms with Crippen LogP contribution in [0.5, 0.6) is 0 Å². The topological polar surface area (TPSA) is 89.3 Å². The van der Waals surface area contributed by atoms with Crippen molar-refractivity contribution in [1.29, 1.82) is 0 Å². The lowest BCUT2D eigenvalue weighted by Crippen LogP contribution is -2.12. The second-order valence-electron chi connectivity index (χ2n) is 5.41. The van der Waals surface area contributed by atoms with Gasteiger partial charge < -0.3 is 0 Å². The van der Waals surface area contributed by atoms with E-state index in [0.717, 1.165) is 4.47 Å². The number of sulfonamides is 1. The molecule has 8 heteroatoms. The molecule has 3 rings (SSSR count). The molecule has 0 bridgehead atoms. The molecule has 0 atom stereocenters. The Morgan fingerprint density at radius 2 is 1.50 bits per heavy atom.